The van der Waals surface area contributed by atoms with Gasteiger partial charge in [0.15, 0.2) is 5.11 Å². The van der Waals surface area contributed by atoms with Gasteiger partial charge in [-0.05, 0) is 51.2 Å². The van der Waals surface area contributed by atoms with E-state index in [9.17, 15) is 10.1 Å². The van der Waals surface area contributed by atoms with E-state index >= 15 is 0 Å². The SMILES string of the molecule is COC(=O)C1=C(C)N(c2ccc(C)cc2)C(=S)N[C@H]1c1cc(C#N)n(C)c1C. The number of carbonyl (C=O) groups is 1. The fraction of sp³-hybridized carbons (Fsp3) is 0.286. The molecule has 1 aliphatic rings. The second-order valence-corrected chi connectivity index (χ2v) is 7.17. The van der Waals surface area contributed by atoms with Crippen molar-refractivity contribution < 1.29 is 9.53 Å². The molecule has 0 aliphatic carbocycles. The largest absolute Gasteiger partial charge is 0.466 e. The smallest absolute Gasteiger partial charge is 0.337 e. The lowest BCUT2D eigenvalue weighted by molar-refractivity contribution is -0.136. The van der Waals surface area contributed by atoms with Gasteiger partial charge in [0.2, 0.25) is 0 Å². The van der Waals surface area contributed by atoms with Crippen LogP contribution in [0.2, 0.25) is 0 Å². The van der Waals surface area contributed by atoms with Gasteiger partial charge in [0.25, 0.3) is 0 Å². The van der Waals surface area contributed by atoms with E-state index in [4.69, 9.17) is 17.0 Å². The number of hydrogen-bond donors (Lipinski definition) is 1. The van der Waals surface area contributed by atoms with Crippen LogP contribution in [0.15, 0.2) is 41.6 Å². The molecule has 0 saturated carbocycles. The number of nitriles is 1. The number of nitrogens with zero attached hydrogens (tertiary/aromatic N) is 3. The summed E-state index contributed by atoms with van der Waals surface area (Å²) in [5, 5.41) is 13.1. The Labute approximate surface area is 170 Å². The average Bonchev–Trinajstić information content (AvgIpc) is 2.96. The molecule has 28 heavy (non-hydrogen) atoms. The number of carbonyl (C=O) groups excluding carboxylic acids is 1. The van der Waals surface area contributed by atoms with Crippen molar-refractivity contribution in [1.29, 1.82) is 5.26 Å². The van der Waals surface area contributed by atoms with Gasteiger partial charge >= 0.3 is 5.97 Å². The van der Waals surface area contributed by atoms with Gasteiger partial charge in [0, 0.05) is 29.7 Å². The summed E-state index contributed by atoms with van der Waals surface area (Å²) in [6.45, 7) is 5.79. The van der Waals surface area contributed by atoms with Crippen LogP contribution < -0.4 is 10.2 Å². The number of ether oxygens (including phenoxy) is 1. The molecule has 1 N–H and O–H groups in total. The lowest BCUT2D eigenvalue weighted by Gasteiger charge is -2.37. The maximum absolute atomic E-state index is 12.7. The first-order valence-electron chi connectivity index (χ1n) is 8.82. The van der Waals surface area contributed by atoms with Gasteiger partial charge in [-0.2, -0.15) is 5.26 Å². The van der Waals surface area contributed by atoms with Crippen molar-refractivity contribution in [2.75, 3.05) is 12.0 Å². The van der Waals surface area contributed by atoms with Crippen LogP contribution in [0.1, 0.15) is 35.5 Å². The maximum Gasteiger partial charge on any atom is 0.337 e. The molecule has 0 bridgehead atoms. The Balaban J connectivity index is 2.18. The molecule has 1 aromatic heterocycles. The molecule has 2 aromatic rings. The molecule has 6 nitrogen and oxygen atoms in total. The highest BCUT2D eigenvalue weighted by atomic mass is 32.1. The van der Waals surface area contributed by atoms with Gasteiger partial charge in [-0.25, -0.2) is 4.79 Å². The molecule has 1 aromatic carbocycles. The van der Waals surface area contributed by atoms with Gasteiger partial charge in [-0.3, -0.25) is 4.90 Å². The summed E-state index contributed by atoms with van der Waals surface area (Å²) in [7, 11) is 3.19. The van der Waals surface area contributed by atoms with Crippen LogP contribution in [0.25, 0.3) is 0 Å². The van der Waals surface area contributed by atoms with Crippen LogP contribution in [0.5, 0.6) is 0 Å². The predicted octanol–water partition coefficient (Wildman–Crippen LogP) is 3.40. The zero-order valence-electron chi connectivity index (χ0n) is 16.5. The van der Waals surface area contributed by atoms with Crippen molar-refractivity contribution in [2.24, 2.45) is 7.05 Å². The standard InChI is InChI=1S/C21H22N4O2S/c1-12-6-8-15(9-7-12)25-14(3)18(20(26)27-5)19(23-21(25)28)17-10-16(11-22)24(4)13(17)2/h6-10,19H,1-5H3,(H,23,28)/t19-/m0/s1. The highest BCUT2D eigenvalue weighted by Crippen LogP contribution is 2.36. The highest BCUT2D eigenvalue weighted by molar-refractivity contribution is 7.80. The molecule has 0 spiro atoms. The van der Waals surface area contributed by atoms with E-state index in [0.717, 1.165) is 22.5 Å². The molecule has 3 rings (SSSR count). The minimum absolute atomic E-state index is 0.434. The Kier molecular flexibility index (Phi) is 5.25. The fourth-order valence-electron chi connectivity index (χ4n) is 3.48. The minimum Gasteiger partial charge on any atom is -0.466 e. The molecular formula is C21H22N4O2S. The van der Waals surface area contributed by atoms with E-state index < -0.39 is 12.0 Å². The predicted molar refractivity (Wildman–Crippen MR) is 112 cm³/mol. The molecule has 0 fully saturated rings. The van der Waals surface area contributed by atoms with Gasteiger partial charge < -0.3 is 14.6 Å². The Morgan fingerprint density at radius 3 is 2.43 bits per heavy atom. The van der Waals surface area contributed by atoms with Crippen LogP contribution in [0, 0.1) is 25.2 Å². The summed E-state index contributed by atoms with van der Waals surface area (Å²) in [5.74, 6) is -0.434. The molecular weight excluding hydrogens is 372 g/mol. The van der Waals surface area contributed by atoms with Crippen molar-refractivity contribution in [3.05, 3.63) is 64.1 Å². The average molecular weight is 395 g/mol. The third kappa shape index (κ3) is 3.16. The van der Waals surface area contributed by atoms with Crippen LogP contribution in [-0.4, -0.2) is 22.8 Å². The van der Waals surface area contributed by atoms with Gasteiger partial charge in [0.05, 0.1) is 18.7 Å². The number of thiocarbonyl (C=S) groups is 1. The third-order valence-corrected chi connectivity index (χ3v) is 5.48. The van der Waals surface area contributed by atoms with E-state index in [-0.39, 0.29) is 0 Å². The second kappa shape index (κ2) is 7.49. The van der Waals surface area contributed by atoms with Gasteiger partial charge in [-0.1, -0.05) is 17.7 Å². The Hall–Kier alpha value is -3.11. The number of aryl methyl sites for hydroxylation is 1. The zero-order chi connectivity index (χ0) is 20.6. The Morgan fingerprint density at radius 2 is 1.89 bits per heavy atom. The molecule has 2 heterocycles. The summed E-state index contributed by atoms with van der Waals surface area (Å²) in [4.78, 5) is 14.5. The third-order valence-electron chi connectivity index (χ3n) is 5.18. The Bertz CT molecular complexity index is 1030. The molecule has 1 aliphatic heterocycles. The number of hydrogen-bond acceptors (Lipinski definition) is 4. The lowest BCUT2D eigenvalue weighted by atomic mass is 9.94. The first-order chi connectivity index (χ1) is 13.3. The van der Waals surface area contributed by atoms with E-state index in [0.29, 0.717) is 22.1 Å². The number of esters is 1. The number of benzene rings is 1. The molecule has 144 valence electrons. The van der Waals surface area contributed by atoms with E-state index in [1.165, 1.54) is 7.11 Å². The van der Waals surface area contributed by atoms with Crippen LogP contribution >= 0.6 is 12.2 Å². The number of methoxy groups -OCH3 is 1. The lowest BCUT2D eigenvalue weighted by Crippen LogP contribution is -2.48. The quantitative estimate of drug-likeness (QED) is 0.636. The van der Waals surface area contributed by atoms with E-state index in [1.807, 2.05) is 57.0 Å². The summed E-state index contributed by atoms with van der Waals surface area (Å²) in [6.07, 6.45) is 0. The van der Waals surface area contributed by atoms with E-state index in [2.05, 4.69) is 11.4 Å². The van der Waals surface area contributed by atoms with E-state index in [1.54, 1.807) is 10.6 Å². The first kappa shape index (κ1) is 19.6. The maximum atomic E-state index is 12.7. The van der Waals surface area contributed by atoms with Crippen molar-refractivity contribution >= 4 is 29.0 Å². The van der Waals surface area contributed by atoms with Crippen molar-refractivity contribution in [1.82, 2.24) is 9.88 Å². The van der Waals surface area contributed by atoms with Crippen molar-refractivity contribution in [3.8, 4) is 6.07 Å². The van der Waals surface area contributed by atoms with Gasteiger partial charge in [0.1, 0.15) is 11.8 Å². The van der Waals surface area contributed by atoms with Crippen LogP contribution in [0.3, 0.4) is 0 Å². The summed E-state index contributed by atoms with van der Waals surface area (Å²) < 4.78 is 6.88. The molecule has 0 saturated heterocycles. The topological polar surface area (TPSA) is 70.3 Å². The number of aromatic nitrogens is 1. The second-order valence-electron chi connectivity index (χ2n) is 6.79. The molecule has 1 atom stereocenters. The first-order valence-corrected chi connectivity index (χ1v) is 9.23. The molecule has 7 heteroatoms. The molecule has 0 amide bonds. The highest BCUT2D eigenvalue weighted by Gasteiger charge is 2.36. The zero-order valence-corrected chi connectivity index (χ0v) is 17.3. The monoisotopic (exact) mass is 394 g/mol. The molecule has 0 unspecified atom stereocenters. The van der Waals surface area contributed by atoms with Crippen LogP contribution in [0.4, 0.5) is 5.69 Å². The Morgan fingerprint density at radius 1 is 1.25 bits per heavy atom. The van der Waals surface area contributed by atoms with Gasteiger partial charge in [-0.15, -0.1) is 0 Å². The number of nitrogens with one attached hydrogen (secondary N) is 1. The normalized spacial score (nSPS) is 16.6. The van der Waals surface area contributed by atoms with Crippen molar-refractivity contribution in [2.45, 2.75) is 26.8 Å². The summed E-state index contributed by atoms with van der Waals surface area (Å²) in [6, 6.07) is 11.4. The van der Waals surface area contributed by atoms with Crippen LogP contribution in [-0.2, 0) is 16.6 Å². The van der Waals surface area contributed by atoms with Crippen molar-refractivity contribution in [3.63, 3.8) is 0 Å². The molecule has 0 radical (unpaired) electrons. The summed E-state index contributed by atoms with van der Waals surface area (Å²) >= 11 is 5.64. The fourth-order valence-corrected chi connectivity index (χ4v) is 3.84. The summed E-state index contributed by atoms with van der Waals surface area (Å²) in [5.41, 5.74) is 5.39. The number of rotatable bonds is 3. The number of allylic oxidation sites excluding steroid dienone is 1. The minimum atomic E-state index is -0.491. The number of anilines is 1.